The molecule has 1 heterocycles. The number of hydrogen-bond acceptors (Lipinski definition) is 3. The summed E-state index contributed by atoms with van der Waals surface area (Å²) >= 11 is 0. The molecule has 1 aromatic rings. The van der Waals surface area contributed by atoms with E-state index in [1.807, 2.05) is 7.05 Å². The van der Waals surface area contributed by atoms with Crippen LogP contribution in [-0.4, -0.2) is 26.8 Å². The number of benzene rings is 1. The zero-order valence-electron chi connectivity index (χ0n) is 9.99. The van der Waals surface area contributed by atoms with E-state index in [-0.39, 0.29) is 11.5 Å². The first-order chi connectivity index (χ1) is 7.73. The van der Waals surface area contributed by atoms with Gasteiger partial charge in [-0.15, -0.1) is 0 Å². The van der Waals surface area contributed by atoms with Crippen LogP contribution < -0.4 is 11.1 Å². The Labute approximate surface area is 97.0 Å². The summed E-state index contributed by atoms with van der Waals surface area (Å²) in [4.78, 5) is 0. The standard InChI is InChI=1S/C13H20N2O/c1-10-5-3-4-6-11(10)12(15-2)13(7-14)8-16-9-13/h3-6,12,15H,7-9,14H2,1-2H3. The maximum Gasteiger partial charge on any atom is 0.0575 e. The number of ether oxygens (including phenoxy) is 1. The summed E-state index contributed by atoms with van der Waals surface area (Å²) in [7, 11) is 1.99. The monoisotopic (exact) mass is 220 g/mol. The number of nitrogens with two attached hydrogens (primary N) is 1. The molecular weight excluding hydrogens is 200 g/mol. The average molecular weight is 220 g/mol. The lowest BCUT2D eigenvalue weighted by atomic mass is 9.74. The molecule has 0 amide bonds. The van der Waals surface area contributed by atoms with E-state index in [9.17, 15) is 0 Å². The summed E-state index contributed by atoms with van der Waals surface area (Å²) in [6, 6.07) is 8.75. The Morgan fingerprint density at radius 3 is 2.56 bits per heavy atom. The fraction of sp³-hybridized carbons (Fsp3) is 0.538. The van der Waals surface area contributed by atoms with Crippen LogP contribution in [0, 0.1) is 12.3 Å². The molecule has 1 aromatic carbocycles. The van der Waals surface area contributed by atoms with Crippen LogP contribution in [0.4, 0.5) is 0 Å². The molecule has 0 bridgehead atoms. The first kappa shape index (κ1) is 11.6. The summed E-state index contributed by atoms with van der Waals surface area (Å²) in [5.41, 5.74) is 8.62. The highest BCUT2D eigenvalue weighted by Gasteiger charge is 2.45. The third-order valence-corrected chi connectivity index (χ3v) is 3.59. The summed E-state index contributed by atoms with van der Waals surface area (Å²) in [5.74, 6) is 0. The first-order valence-corrected chi connectivity index (χ1v) is 5.74. The van der Waals surface area contributed by atoms with Crippen molar-refractivity contribution in [1.29, 1.82) is 0 Å². The van der Waals surface area contributed by atoms with E-state index in [2.05, 4.69) is 36.5 Å². The van der Waals surface area contributed by atoms with Crippen molar-refractivity contribution in [3.8, 4) is 0 Å². The Morgan fingerprint density at radius 2 is 2.12 bits per heavy atom. The zero-order chi connectivity index (χ0) is 11.6. The van der Waals surface area contributed by atoms with Crippen LogP contribution in [-0.2, 0) is 4.74 Å². The molecule has 1 aliphatic heterocycles. The van der Waals surface area contributed by atoms with Gasteiger partial charge in [-0.1, -0.05) is 24.3 Å². The van der Waals surface area contributed by atoms with Gasteiger partial charge < -0.3 is 15.8 Å². The second kappa shape index (κ2) is 4.53. The van der Waals surface area contributed by atoms with E-state index in [1.165, 1.54) is 11.1 Å². The SMILES string of the molecule is CNC(c1ccccc1C)C1(CN)COC1. The van der Waals surface area contributed by atoms with Crippen LogP contribution in [0.2, 0.25) is 0 Å². The highest BCUT2D eigenvalue weighted by atomic mass is 16.5. The van der Waals surface area contributed by atoms with Gasteiger partial charge in [-0.25, -0.2) is 0 Å². The van der Waals surface area contributed by atoms with Gasteiger partial charge in [0.25, 0.3) is 0 Å². The van der Waals surface area contributed by atoms with Crippen molar-refractivity contribution in [3.05, 3.63) is 35.4 Å². The summed E-state index contributed by atoms with van der Waals surface area (Å²) in [5, 5.41) is 3.39. The average Bonchev–Trinajstić information content (AvgIpc) is 2.25. The van der Waals surface area contributed by atoms with Crippen molar-refractivity contribution in [1.82, 2.24) is 5.32 Å². The highest BCUT2D eigenvalue weighted by molar-refractivity contribution is 5.31. The second-order valence-electron chi connectivity index (χ2n) is 4.64. The predicted octanol–water partition coefficient (Wildman–Crippen LogP) is 1.23. The zero-order valence-corrected chi connectivity index (χ0v) is 9.99. The Morgan fingerprint density at radius 1 is 1.44 bits per heavy atom. The minimum atomic E-state index is 0.0703. The van der Waals surface area contributed by atoms with Crippen molar-refractivity contribution in [2.45, 2.75) is 13.0 Å². The van der Waals surface area contributed by atoms with Crippen LogP contribution >= 0.6 is 0 Å². The van der Waals surface area contributed by atoms with E-state index in [1.54, 1.807) is 0 Å². The second-order valence-corrected chi connectivity index (χ2v) is 4.64. The Balaban J connectivity index is 2.32. The van der Waals surface area contributed by atoms with E-state index in [4.69, 9.17) is 10.5 Å². The van der Waals surface area contributed by atoms with Gasteiger partial charge in [0.1, 0.15) is 0 Å². The molecule has 3 heteroatoms. The third-order valence-electron chi connectivity index (χ3n) is 3.59. The highest BCUT2D eigenvalue weighted by Crippen LogP contribution is 2.40. The Bertz CT molecular complexity index is 355. The van der Waals surface area contributed by atoms with Crippen molar-refractivity contribution >= 4 is 0 Å². The van der Waals surface area contributed by atoms with Crippen molar-refractivity contribution in [2.24, 2.45) is 11.1 Å². The molecule has 1 atom stereocenters. The van der Waals surface area contributed by atoms with E-state index in [0.717, 1.165) is 13.2 Å². The van der Waals surface area contributed by atoms with E-state index in [0.29, 0.717) is 6.54 Å². The van der Waals surface area contributed by atoms with E-state index >= 15 is 0 Å². The first-order valence-electron chi connectivity index (χ1n) is 5.74. The molecule has 0 saturated carbocycles. The minimum absolute atomic E-state index is 0.0703. The van der Waals surface area contributed by atoms with Gasteiger partial charge in [0.2, 0.25) is 0 Å². The molecule has 0 radical (unpaired) electrons. The third kappa shape index (κ3) is 1.75. The Kier molecular flexibility index (Phi) is 3.28. The van der Waals surface area contributed by atoms with E-state index < -0.39 is 0 Å². The number of hydrogen-bond donors (Lipinski definition) is 2. The molecule has 0 aliphatic carbocycles. The number of rotatable bonds is 4. The van der Waals surface area contributed by atoms with Gasteiger partial charge >= 0.3 is 0 Å². The molecule has 1 fully saturated rings. The molecule has 3 N–H and O–H groups in total. The minimum Gasteiger partial charge on any atom is -0.380 e. The van der Waals surface area contributed by atoms with Crippen molar-refractivity contribution in [3.63, 3.8) is 0 Å². The lowest BCUT2D eigenvalue weighted by Crippen LogP contribution is -2.55. The van der Waals surface area contributed by atoms with Gasteiger partial charge in [0.05, 0.1) is 13.2 Å². The lowest BCUT2D eigenvalue weighted by Gasteiger charge is -2.47. The maximum absolute atomic E-state index is 5.91. The lowest BCUT2D eigenvalue weighted by molar-refractivity contribution is -0.126. The van der Waals surface area contributed by atoms with Crippen LogP contribution in [0.1, 0.15) is 17.2 Å². The fourth-order valence-electron chi connectivity index (χ4n) is 2.47. The molecule has 0 aromatic heterocycles. The molecule has 2 rings (SSSR count). The topological polar surface area (TPSA) is 47.3 Å². The summed E-state index contributed by atoms with van der Waals surface area (Å²) < 4.78 is 5.35. The van der Waals surface area contributed by atoms with Gasteiger partial charge in [-0.05, 0) is 25.1 Å². The van der Waals surface area contributed by atoms with Crippen LogP contribution in [0.3, 0.4) is 0 Å². The van der Waals surface area contributed by atoms with Crippen molar-refractivity contribution in [2.75, 3.05) is 26.8 Å². The quantitative estimate of drug-likeness (QED) is 0.802. The molecule has 3 nitrogen and oxygen atoms in total. The number of aryl methyl sites for hydroxylation is 1. The van der Waals surface area contributed by atoms with Gasteiger partial charge in [-0.2, -0.15) is 0 Å². The van der Waals surface area contributed by atoms with Gasteiger partial charge in [0.15, 0.2) is 0 Å². The molecule has 1 saturated heterocycles. The normalized spacial score (nSPS) is 20.2. The molecule has 16 heavy (non-hydrogen) atoms. The fourth-order valence-corrected chi connectivity index (χ4v) is 2.47. The predicted molar refractivity (Wildman–Crippen MR) is 65.3 cm³/mol. The molecule has 1 unspecified atom stereocenters. The largest absolute Gasteiger partial charge is 0.380 e. The number of nitrogens with one attached hydrogen (secondary N) is 1. The van der Waals surface area contributed by atoms with Crippen molar-refractivity contribution < 1.29 is 4.74 Å². The smallest absolute Gasteiger partial charge is 0.0575 e. The molecular formula is C13H20N2O. The molecule has 0 spiro atoms. The van der Waals surface area contributed by atoms with Crippen LogP contribution in [0.25, 0.3) is 0 Å². The molecule has 1 aliphatic rings. The maximum atomic E-state index is 5.91. The van der Waals surface area contributed by atoms with Gasteiger partial charge in [-0.3, -0.25) is 0 Å². The van der Waals surface area contributed by atoms with Crippen LogP contribution in [0.15, 0.2) is 24.3 Å². The molecule has 88 valence electrons. The Hall–Kier alpha value is -0.900. The van der Waals surface area contributed by atoms with Gasteiger partial charge in [0, 0.05) is 18.0 Å². The summed E-state index contributed by atoms with van der Waals surface area (Å²) in [6.45, 7) is 4.31. The summed E-state index contributed by atoms with van der Waals surface area (Å²) in [6.07, 6.45) is 0. The van der Waals surface area contributed by atoms with Crippen LogP contribution in [0.5, 0.6) is 0 Å².